The van der Waals surface area contributed by atoms with Crippen molar-refractivity contribution in [2.75, 3.05) is 19.6 Å². The van der Waals surface area contributed by atoms with Crippen molar-refractivity contribution >= 4 is 36.2 Å². The molecule has 2 fully saturated rings. The summed E-state index contributed by atoms with van der Waals surface area (Å²) < 4.78 is 2.14. The van der Waals surface area contributed by atoms with E-state index in [1.165, 1.54) is 42.8 Å². The van der Waals surface area contributed by atoms with Gasteiger partial charge in [0.1, 0.15) is 5.82 Å². The van der Waals surface area contributed by atoms with Crippen LogP contribution in [0, 0.1) is 0 Å². The third kappa shape index (κ3) is 4.78. The van der Waals surface area contributed by atoms with Crippen LogP contribution in [0.25, 0.3) is 0 Å². The number of hydrogen-bond donors (Lipinski definition) is 1. The van der Waals surface area contributed by atoms with E-state index in [0.717, 1.165) is 32.0 Å². The normalized spacial score (nSPS) is 21.8. The Morgan fingerprint density at radius 3 is 2.77 bits per heavy atom. The molecule has 2 aromatic heterocycles. The van der Waals surface area contributed by atoms with E-state index >= 15 is 0 Å². The first-order chi connectivity index (χ1) is 11.8. The number of nitrogens with zero attached hydrogens (tertiary/aromatic N) is 4. The maximum atomic E-state index is 5.00. The summed E-state index contributed by atoms with van der Waals surface area (Å²) in [7, 11) is 2.08. The molecular formula is C18H29Cl2N5S. The molecule has 0 radical (unpaired) electrons. The number of nitrogens with one attached hydrogen (secondary N) is 1. The molecule has 4 rings (SSSR count). The largest absolute Gasteiger partial charge is 0.337 e. The van der Waals surface area contributed by atoms with Gasteiger partial charge in [-0.2, -0.15) is 0 Å². The third-order valence-corrected chi connectivity index (χ3v) is 6.46. The molecule has 0 bridgehead atoms. The van der Waals surface area contributed by atoms with Gasteiger partial charge in [-0.15, -0.1) is 36.2 Å². The maximum absolute atomic E-state index is 5.00. The van der Waals surface area contributed by atoms with Gasteiger partial charge < -0.3 is 9.88 Å². The van der Waals surface area contributed by atoms with Crippen LogP contribution in [0.3, 0.4) is 0 Å². The summed E-state index contributed by atoms with van der Waals surface area (Å²) >= 11 is 1.87. The van der Waals surface area contributed by atoms with Gasteiger partial charge in [-0.05, 0) is 12.8 Å². The van der Waals surface area contributed by atoms with E-state index in [4.69, 9.17) is 4.98 Å². The second-order valence-corrected chi connectivity index (χ2v) is 7.99. The summed E-state index contributed by atoms with van der Waals surface area (Å²) in [5, 5.41) is 7.16. The fourth-order valence-electron chi connectivity index (χ4n) is 4.03. The number of halogens is 2. The zero-order chi connectivity index (χ0) is 16.4. The molecule has 2 aromatic rings. The Morgan fingerprint density at radius 2 is 2.04 bits per heavy atom. The highest BCUT2D eigenvalue weighted by molar-refractivity contribution is 7.09. The van der Waals surface area contributed by atoms with E-state index in [2.05, 4.69) is 32.2 Å². The van der Waals surface area contributed by atoms with Crippen LogP contribution in [0.15, 0.2) is 17.8 Å². The van der Waals surface area contributed by atoms with Crippen LogP contribution in [0.5, 0.6) is 0 Å². The van der Waals surface area contributed by atoms with Crippen LogP contribution < -0.4 is 5.32 Å². The van der Waals surface area contributed by atoms with Gasteiger partial charge in [0, 0.05) is 56.9 Å². The molecule has 8 heteroatoms. The first-order valence-corrected chi connectivity index (χ1v) is 10.1. The number of imidazole rings is 1. The second-order valence-electron chi connectivity index (χ2n) is 7.10. The van der Waals surface area contributed by atoms with Crippen LogP contribution in [0.2, 0.25) is 0 Å². The molecule has 0 amide bonds. The van der Waals surface area contributed by atoms with Crippen LogP contribution in [-0.2, 0) is 13.6 Å². The molecule has 1 aliphatic heterocycles. The molecule has 1 atom stereocenters. The second kappa shape index (κ2) is 10.0. The standard InChI is InChI=1S/C18H27N5S.2ClH/c1-22-9-8-20-17(22)16-11-19-7-10-23(16)12-15-13-24-18(21-15)14-5-3-2-4-6-14;;/h8-9,13-14,16,19H,2-7,10-12H2,1H3;2*1H. The molecule has 1 N–H and O–H groups in total. The molecule has 1 saturated heterocycles. The van der Waals surface area contributed by atoms with Gasteiger partial charge in [-0.1, -0.05) is 19.3 Å². The summed E-state index contributed by atoms with van der Waals surface area (Å²) in [5.41, 5.74) is 1.24. The van der Waals surface area contributed by atoms with Gasteiger partial charge in [0.25, 0.3) is 0 Å². The molecule has 26 heavy (non-hydrogen) atoms. The molecule has 2 aliphatic rings. The number of piperazine rings is 1. The SMILES string of the molecule is Cl.Cl.Cn1ccnc1C1CNCCN1Cc1csc(C2CCCCC2)n1. The van der Waals surface area contributed by atoms with Gasteiger partial charge in [-0.3, -0.25) is 4.90 Å². The number of thiazole rings is 1. The number of hydrogen-bond acceptors (Lipinski definition) is 5. The molecule has 1 unspecified atom stereocenters. The van der Waals surface area contributed by atoms with Gasteiger partial charge >= 0.3 is 0 Å². The van der Waals surface area contributed by atoms with Crippen LogP contribution in [0.1, 0.15) is 60.6 Å². The highest BCUT2D eigenvalue weighted by Gasteiger charge is 2.27. The number of aromatic nitrogens is 3. The average molecular weight is 418 g/mol. The van der Waals surface area contributed by atoms with Gasteiger partial charge in [-0.25, -0.2) is 9.97 Å². The van der Waals surface area contributed by atoms with Crippen molar-refractivity contribution in [3.05, 3.63) is 34.3 Å². The molecular weight excluding hydrogens is 389 g/mol. The summed E-state index contributed by atoms with van der Waals surface area (Å²) in [4.78, 5) is 12.1. The summed E-state index contributed by atoms with van der Waals surface area (Å²) in [6.45, 7) is 3.99. The minimum absolute atomic E-state index is 0. The predicted molar refractivity (Wildman–Crippen MR) is 112 cm³/mol. The zero-order valence-electron chi connectivity index (χ0n) is 15.3. The lowest BCUT2D eigenvalue weighted by molar-refractivity contribution is 0.143. The third-order valence-electron chi connectivity index (χ3n) is 5.40. The molecule has 1 saturated carbocycles. The maximum Gasteiger partial charge on any atom is 0.127 e. The van der Waals surface area contributed by atoms with Gasteiger partial charge in [0.15, 0.2) is 0 Å². The molecule has 5 nitrogen and oxygen atoms in total. The Bertz CT molecular complexity index is 668. The lowest BCUT2D eigenvalue weighted by Gasteiger charge is -2.35. The van der Waals surface area contributed by atoms with Crippen LogP contribution >= 0.6 is 36.2 Å². The van der Waals surface area contributed by atoms with E-state index in [9.17, 15) is 0 Å². The van der Waals surface area contributed by atoms with E-state index in [-0.39, 0.29) is 24.8 Å². The Balaban J connectivity index is 0.00000121. The van der Waals surface area contributed by atoms with Crippen molar-refractivity contribution in [2.45, 2.75) is 50.6 Å². The lowest BCUT2D eigenvalue weighted by Crippen LogP contribution is -2.46. The van der Waals surface area contributed by atoms with Crippen molar-refractivity contribution in [1.29, 1.82) is 0 Å². The van der Waals surface area contributed by atoms with Gasteiger partial charge in [0.05, 0.1) is 16.7 Å². The summed E-state index contributed by atoms with van der Waals surface area (Å²) in [6, 6.07) is 0.332. The highest BCUT2D eigenvalue weighted by atomic mass is 35.5. The van der Waals surface area contributed by atoms with E-state index in [1.807, 2.05) is 23.7 Å². The summed E-state index contributed by atoms with van der Waals surface area (Å²) in [6.07, 6.45) is 10.7. The van der Waals surface area contributed by atoms with Crippen molar-refractivity contribution < 1.29 is 0 Å². The van der Waals surface area contributed by atoms with Crippen molar-refractivity contribution in [1.82, 2.24) is 24.8 Å². The Hall–Kier alpha value is -0.660. The van der Waals surface area contributed by atoms with E-state index in [1.54, 1.807) is 0 Å². The lowest BCUT2D eigenvalue weighted by atomic mass is 9.90. The van der Waals surface area contributed by atoms with E-state index in [0.29, 0.717) is 12.0 Å². The van der Waals surface area contributed by atoms with Gasteiger partial charge in [0.2, 0.25) is 0 Å². The quantitative estimate of drug-likeness (QED) is 0.818. The number of rotatable bonds is 4. The first kappa shape index (κ1) is 21.6. The summed E-state index contributed by atoms with van der Waals surface area (Å²) in [5.74, 6) is 1.86. The molecule has 3 heterocycles. The smallest absolute Gasteiger partial charge is 0.127 e. The van der Waals surface area contributed by atoms with Crippen LogP contribution in [-0.4, -0.2) is 39.1 Å². The fourth-order valence-corrected chi connectivity index (χ4v) is 5.01. The highest BCUT2D eigenvalue weighted by Crippen LogP contribution is 2.34. The number of aryl methyl sites for hydroxylation is 1. The minimum atomic E-state index is 0. The minimum Gasteiger partial charge on any atom is -0.337 e. The van der Waals surface area contributed by atoms with Crippen molar-refractivity contribution in [2.24, 2.45) is 7.05 Å². The molecule has 0 spiro atoms. The molecule has 1 aliphatic carbocycles. The molecule has 0 aromatic carbocycles. The van der Waals surface area contributed by atoms with Crippen LogP contribution in [0.4, 0.5) is 0 Å². The Morgan fingerprint density at radius 1 is 1.23 bits per heavy atom. The average Bonchev–Trinajstić information content (AvgIpc) is 3.25. The first-order valence-electron chi connectivity index (χ1n) is 9.17. The predicted octanol–water partition coefficient (Wildman–Crippen LogP) is 3.91. The monoisotopic (exact) mass is 417 g/mol. The Labute approximate surface area is 172 Å². The Kier molecular flexibility index (Phi) is 8.36. The van der Waals surface area contributed by atoms with Crippen molar-refractivity contribution in [3.63, 3.8) is 0 Å². The van der Waals surface area contributed by atoms with E-state index < -0.39 is 0 Å². The molecule has 146 valence electrons. The topological polar surface area (TPSA) is 46.0 Å². The zero-order valence-corrected chi connectivity index (χ0v) is 17.7. The van der Waals surface area contributed by atoms with Crippen molar-refractivity contribution in [3.8, 4) is 0 Å². The fraction of sp³-hybridized carbons (Fsp3) is 0.667.